The van der Waals surface area contributed by atoms with Gasteiger partial charge < -0.3 is 15.1 Å². The van der Waals surface area contributed by atoms with Gasteiger partial charge in [-0.05, 0) is 13.0 Å². The molecule has 0 bridgehead atoms. The molecular formula is C9H17N3O. The molecule has 1 rings (SSSR count). The molecule has 1 aromatic rings. The number of oxazole rings is 1. The van der Waals surface area contributed by atoms with Crippen LogP contribution in [0.25, 0.3) is 0 Å². The van der Waals surface area contributed by atoms with Gasteiger partial charge in [0.05, 0.1) is 5.69 Å². The molecule has 13 heavy (non-hydrogen) atoms. The van der Waals surface area contributed by atoms with Crippen LogP contribution in [0.3, 0.4) is 0 Å². The zero-order valence-electron chi connectivity index (χ0n) is 8.26. The third kappa shape index (κ3) is 3.46. The van der Waals surface area contributed by atoms with Crippen LogP contribution in [0.4, 0.5) is 6.01 Å². The van der Waals surface area contributed by atoms with Crippen LogP contribution in [-0.2, 0) is 6.54 Å². The van der Waals surface area contributed by atoms with E-state index in [1.807, 2.05) is 0 Å². The second-order valence-electron chi connectivity index (χ2n) is 2.85. The van der Waals surface area contributed by atoms with E-state index in [0.29, 0.717) is 6.01 Å². The number of nitrogens with zero attached hydrogens (tertiary/aromatic N) is 1. The molecule has 0 spiro atoms. The average Bonchev–Trinajstić information content (AvgIpc) is 2.59. The van der Waals surface area contributed by atoms with Crippen molar-refractivity contribution in [3.63, 3.8) is 0 Å². The summed E-state index contributed by atoms with van der Waals surface area (Å²) in [6.45, 7) is 6.80. The van der Waals surface area contributed by atoms with Crippen molar-refractivity contribution in [1.82, 2.24) is 10.3 Å². The van der Waals surface area contributed by atoms with Gasteiger partial charge in [-0.2, -0.15) is 4.98 Å². The Labute approximate surface area is 78.7 Å². The summed E-state index contributed by atoms with van der Waals surface area (Å²) >= 11 is 0. The van der Waals surface area contributed by atoms with Crippen LogP contribution in [0.1, 0.15) is 26.0 Å². The van der Waals surface area contributed by atoms with Crippen LogP contribution in [0, 0.1) is 0 Å². The molecule has 0 aliphatic rings. The number of anilines is 1. The maximum absolute atomic E-state index is 5.20. The van der Waals surface area contributed by atoms with Crippen LogP contribution in [0.5, 0.6) is 0 Å². The molecule has 4 nitrogen and oxygen atoms in total. The largest absolute Gasteiger partial charge is 0.432 e. The number of rotatable bonds is 6. The van der Waals surface area contributed by atoms with Crippen molar-refractivity contribution in [3.8, 4) is 0 Å². The summed E-state index contributed by atoms with van der Waals surface area (Å²) in [6.07, 6.45) is 2.76. The SMILES string of the molecule is CCCNc1nc(CNCC)co1. The van der Waals surface area contributed by atoms with Crippen LogP contribution in [0.15, 0.2) is 10.7 Å². The van der Waals surface area contributed by atoms with E-state index in [4.69, 9.17) is 4.42 Å². The molecule has 0 aliphatic carbocycles. The molecule has 0 unspecified atom stereocenters. The minimum absolute atomic E-state index is 0.620. The Morgan fingerprint density at radius 3 is 3.00 bits per heavy atom. The van der Waals surface area contributed by atoms with Crippen molar-refractivity contribution in [2.75, 3.05) is 18.4 Å². The number of nitrogens with one attached hydrogen (secondary N) is 2. The van der Waals surface area contributed by atoms with E-state index in [-0.39, 0.29) is 0 Å². The lowest BCUT2D eigenvalue weighted by molar-refractivity contribution is 0.567. The quantitative estimate of drug-likeness (QED) is 0.703. The number of hydrogen-bond donors (Lipinski definition) is 2. The minimum Gasteiger partial charge on any atom is -0.432 e. The van der Waals surface area contributed by atoms with Gasteiger partial charge in [0.15, 0.2) is 0 Å². The van der Waals surface area contributed by atoms with Crippen LogP contribution in [-0.4, -0.2) is 18.1 Å². The van der Waals surface area contributed by atoms with Crippen LogP contribution in [0.2, 0.25) is 0 Å². The molecule has 0 fully saturated rings. The third-order valence-corrected chi connectivity index (χ3v) is 1.63. The smallest absolute Gasteiger partial charge is 0.294 e. The lowest BCUT2D eigenvalue weighted by Crippen LogP contribution is -2.12. The Hall–Kier alpha value is -1.03. The fraction of sp³-hybridized carbons (Fsp3) is 0.667. The summed E-state index contributed by atoms with van der Waals surface area (Å²) in [6, 6.07) is 0.620. The molecule has 4 heteroatoms. The molecule has 1 aromatic heterocycles. The van der Waals surface area contributed by atoms with E-state index in [1.54, 1.807) is 6.26 Å². The minimum atomic E-state index is 0.620. The molecule has 0 amide bonds. The maximum atomic E-state index is 5.20. The van der Waals surface area contributed by atoms with E-state index >= 15 is 0 Å². The van der Waals surface area contributed by atoms with Gasteiger partial charge in [-0.1, -0.05) is 13.8 Å². The van der Waals surface area contributed by atoms with E-state index in [9.17, 15) is 0 Å². The van der Waals surface area contributed by atoms with Gasteiger partial charge in [0.25, 0.3) is 6.01 Å². The zero-order chi connectivity index (χ0) is 9.52. The number of aromatic nitrogens is 1. The summed E-state index contributed by atoms with van der Waals surface area (Å²) in [5.41, 5.74) is 0.945. The highest BCUT2D eigenvalue weighted by Crippen LogP contribution is 2.06. The summed E-state index contributed by atoms with van der Waals surface area (Å²) in [5.74, 6) is 0. The Balaban J connectivity index is 2.34. The fourth-order valence-corrected chi connectivity index (χ4v) is 0.954. The first kappa shape index (κ1) is 10.1. The van der Waals surface area contributed by atoms with E-state index in [0.717, 1.165) is 31.7 Å². The van der Waals surface area contributed by atoms with E-state index in [2.05, 4.69) is 29.5 Å². The average molecular weight is 183 g/mol. The van der Waals surface area contributed by atoms with Crippen molar-refractivity contribution in [3.05, 3.63) is 12.0 Å². The van der Waals surface area contributed by atoms with Gasteiger partial charge in [0.1, 0.15) is 6.26 Å². The molecule has 1 heterocycles. The zero-order valence-corrected chi connectivity index (χ0v) is 8.26. The summed E-state index contributed by atoms with van der Waals surface area (Å²) in [4.78, 5) is 4.24. The highest BCUT2D eigenvalue weighted by Gasteiger charge is 2.00. The van der Waals surface area contributed by atoms with Gasteiger partial charge >= 0.3 is 0 Å². The molecule has 0 aromatic carbocycles. The Morgan fingerprint density at radius 2 is 2.31 bits per heavy atom. The summed E-state index contributed by atoms with van der Waals surface area (Å²) < 4.78 is 5.20. The Kier molecular flexibility index (Phi) is 4.32. The molecule has 0 saturated carbocycles. The molecule has 0 saturated heterocycles. The molecule has 2 N–H and O–H groups in total. The van der Waals surface area contributed by atoms with Crippen molar-refractivity contribution in [1.29, 1.82) is 0 Å². The molecule has 74 valence electrons. The van der Waals surface area contributed by atoms with Crippen molar-refractivity contribution in [2.45, 2.75) is 26.8 Å². The second kappa shape index (κ2) is 5.59. The normalized spacial score (nSPS) is 10.3. The number of hydrogen-bond acceptors (Lipinski definition) is 4. The molecule has 0 aliphatic heterocycles. The predicted octanol–water partition coefficient (Wildman–Crippen LogP) is 1.61. The maximum Gasteiger partial charge on any atom is 0.294 e. The molecule has 0 atom stereocenters. The summed E-state index contributed by atoms with van der Waals surface area (Å²) in [5, 5.41) is 6.27. The van der Waals surface area contributed by atoms with Crippen LogP contribution < -0.4 is 10.6 Å². The van der Waals surface area contributed by atoms with Gasteiger partial charge in [-0.3, -0.25) is 0 Å². The first-order valence-electron chi connectivity index (χ1n) is 4.75. The fourth-order valence-electron chi connectivity index (χ4n) is 0.954. The Bertz CT molecular complexity index is 212. The van der Waals surface area contributed by atoms with Gasteiger partial charge in [-0.25, -0.2) is 0 Å². The van der Waals surface area contributed by atoms with E-state index < -0.39 is 0 Å². The Morgan fingerprint density at radius 1 is 1.46 bits per heavy atom. The first-order chi connectivity index (χ1) is 6.36. The highest BCUT2D eigenvalue weighted by atomic mass is 16.4. The summed E-state index contributed by atoms with van der Waals surface area (Å²) in [7, 11) is 0. The highest BCUT2D eigenvalue weighted by molar-refractivity contribution is 5.20. The monoisotopic (exact) mass is 183 g/mol. The lowest BCUT2D eigenvalue weighted by atomic mass is 10.5. The predicted molar refractivity (Wildman–Crippen MR) is 52.7 cm³/mol. The third-order valence-electron chi connectivity index (χ3n) is 1.63. The van der Waals surface area contributed by atoms with Gasteiger partial charge in [0, 0.05) is 13.1 Å². The molecular weight excluding hydrogens is 166 g/mol. The van der Waals surface area contributed by atoms with Gasteiger partial charge in [0.2, 0.25) is 0 Å². The van der Waals surface area contributed by atoms with E-state index in [1.165, 1.54) is 0 Å². The van der Waals surface area contributed by atoms with Gasteiger partial charge in [-0.15, -0.1) is 0 Å². The van der Waals surface area contributed by atoms with Crippen molar-refractivity contribution < 1.29 is 4.42 Å². The topological polar surface area (TPSA) is 50.1 Å². The van der Waals surface area contributed by atoms with Crippen molar-refractivity contribution in [2.24, 2.45) is 0 Å². The first-order valence-corrected chi connectivity index (χ1v) is 4.75. The lowest BCUT2D eigenvalue weighted by Gasteiger charge is -1.96. The van der Waals surface area contributed by atoms with Crippen LogP contribution >= 0.6 is 0 Å². The van der Waals surface area contributed by atoms with Crippen molar-refractivity contribution >= 4 is 6.01 Å². The second-order valence-corrected chi connectivity index (χ2v) is 2.85. The standard InChI is InChI=1S/C9H17N3O/c1-3-5-11-9-12-8(7-13-9)6-10-4-2/h7,10H,3-6H2,1-2H3,(H,11,12). The molecule has 0 radical (unpaired) electrons.